The summed E-state index contributed by atoms with van der Waals surface area (Å²) in [7, 11) is 2.08. The fourth-order valence-corrected chi connectivity index (χ4v) is 4.39. The van der Waals surface area contributed by atoms with E-state index in [4.69, 9.17) is 0 Å². The lowest BCUT2D eigenvalue weighted by molar-refractivity contribution is -0.139. The van der Waals surface area contributed by atoms with Gasteiger partial charge in [-0.05, 0) is 76.2 Å². The van der Waals surface area contributed by atoms with Gasteiger partial charge in [0.05, 0.1) is 5.56 Å². The van der Waals surface area contributed by atoms with Crippen LogP contribution in [0, 0.1) is 11.8 Å². The molecule has 27 heavy (non-hydrogen) atoms. The maximum atomic E-state index is 13.2. The van der Waals surface area contributed by atoms with E-state index in [-0.39, 0.29) is 17.7 Å². The number of hydrogen-bond acceptors (Lipinski definition) is 2. The van der Waals surface area contributed by atoms with Crippen LogP contribution in [0.3, 0.4) is 0 Å². The molecule has 2 heterocycles. The van der Waals surface area contributed by atoms with Crippen LogP contribution in [-0.2, 0) is 17.4 Å². The maximum Gasteiger partial charge on any atom is 0.416 e. The second kappa shape index (κ2) is 8.63. The van der Waals surface area contributed by atoms with Gasteiger partial charge in [-0.2, -0.15) is 13.2 Å². The molecule has 1 amide bonds. The first kappa shape index (κ1) is 20.2. The van der Waals surface area contributed by atoms with Gasteiger partial charge in [-0.25, -0.2) is 0 Å². The highest BCUT2D eigenvalue weighted by Crippen LogP contribution is 2.33. The van der Waals surface area contributed by atoms with Gasteiger partial charge in [0.25, 0.3) is 0 Å². The van der Waals surface area contributed by atoms with Crippen molar-refractivity contribution in [2.24, 2.45) is 11.8 Å². The Morgan fingerprint density at radius 2 is 1.81 bits per heavy atom. The molecule has 0 aromatic heterocycles. The van der Waals surface area contributed by atoms with E-state index in [0.717, 1.165) is 51.4 Å². The van der Waals surface area contributed by atoms with Crippen molar-refractivity contribution in [3.63, 3.8) is 0 Å². The minimum absolute atomic E-state index is 0.117. The Morgan fingerprint density at radius 1 is 1.11 bits per heavy atom. The lowest BCUT2D eigenvalue weighted by Crippen LogP contribution is -2.45. The summed E-state index contributed by atoms with van der Waals surface area (Å²) >= 11 is 0. The number of nitrogens with zero attached hydrogens (tertiary/aromatic N) is 2. The monoisotopic (exact) mass is 382 g/mol. The molecular weight excluding hydrogens is 353 g/mol. The molecule has 2 saturated heterocycles. The number of likely N-dealkylation sites (tertiary alicyclic amines) is 2. The zero-order valence-corrected chi connectivity index (χ0v) is 16.0. The number of piperidine rings is 2. The number of aryl methyl sites for hydroxylation is 1. The minimum atomic E-state index is -4.31. The number of benzene rings is 1. The number of carbonyl (C=O) groups is 1. The third-order valence-electron chi connectivity index (χ3n) is 6.04. The van der Waals surface area contributed by atoms with Crippen molar-refractivity contribution in [3.8, 4) is 0 Å². The molecule has 2 aliphatic heterocycles. The van der Waals surface area contributed by atoms with Crippen LogP contribution in [0.25, 0.3) is 0 Å². The summed E-state index contributed by atoms with van der Waals surface area (Å²) in [4.78, 5) is 17.0. The quantitative estimate of drug-likeness (QED) is 0.779. The van der Waals surface area contributed by atoms with Crippen molar-refractivity contribution >= 4 is 5.91 Å². The second-order valence-corrected chi connectivity index (χ2v) is 8.06. The Morgan fingerprint density at radius 3 is 2.52 bits per heavy atom. The first-order valence-electron chi connectivity index (χ1n) is 9.97. The molecule has 0 saturated carbocycles. The van der Waals surface area contributed by atoms with Crippen LogP contribution in [0.1, 0.15) is 43.2 Å². The summed E-state index contributed by atoms with van der Waals surface area (Å²) in [6.45, 7) is 3.41. The third kappa shape index (κ3) is 5.24. The van der Waals surface area contributed by atoms with Crippen LogP contribution < -0.4 is 0 Å². The minimum Gasteiger partial charge on any atom is -0.342 e. The average molecular weight is 382 g/mol. The van der Waals surface area contributed by atoms with Crippen LogP contribution in [-0.4, -0.2) is 48.9 Å². The van der Waals surface area contributed by atoms with Gasteiger partial charge in [-0.1, -0.05) is 18.2 Å². The molecule has 0 N–H and O–H groups in total. The summed E-state index contributed by atoms with van der Waals surface area (Å²) in [5.74, 6) is 0.657. The van der Waals surface area contributed by atoms with Crippen molar-refractivity contribution in [3.05, 3.63) is 35.4 Å². The molecule has 0 aliphatic carbocycles. The average Bonchev–Trinajstić information content (AvgIpc) is 2.66. The van der Waals surface area contributed by atoms with E-state index in [1.807, 2.05) is 4.90 Å². The topological polar surface area (TPSA) is 23.6 Å². The van der Waals surface area contributed by atoms with Crippen LogP contribution in [0.4, 0.5) is 13.2 Å². The Kier molecular flexibility index (Phi) is 6.45. The zero-order chi connectivity index (χ0) is 19.4. The molecule has 1 aromatic carbocycles. The number of carbonyl (C=O) groups excluding carboxylic acids is 1. The molecule has 6 heteroatoms. The molecule has 0 bridgehead atoms. The molecule has 1 unspecified atom stereocenters. The van der Waals surface area contributed by atoms with Gasteiger partial charge in [0.1, 0.15) is 0 Å². The number of rotatable bonds is 4. The fourth-order valence-electron chi connectivity index (χ4n) is 4.39. The van der Waals surface area contributed by atoms with E-state index in [1.165, 1.54) is 6.07 Å². The van der Waals surface area contributed by atoms with Gasteiger partial charge in [0.15, 0.2) is 0 Å². The Balaban J connectivity index is 1.56. The summed E-state index contributed by atoms with van der Waals surface area (Å²) in [6, 6.07) is 5.84. The molecule has 0 spiro atoms. The van der Waals surface area contributed by atoms with E-state index >= 15 is 0 Å². The smallest absolute Gasteiger partial charge is 0.342 e. The van der Waals surface area contributed by atoms with Crippen LogP contribution >= 0.6 is 0 Å². The highest BCUT2D eigenvalue weighted by Gasteiger charge is 2.34. The van der Waals surface area contributed by atoms with Crippen LogP contribution in [0.5, 0.6) is 0 Å². The lowest BCUT2D eigenvalue weighted by Gasteiger charge is -2.37. The Hall–Kier alpha value is -1.56. The van der Waals surface area contributed by atoms with E-state index < -0.39 is 11.7 Å². The molecule has 0 radical (unpaired) electrons. The predicted octanol–water partition coefficient (Wildman–Crippen LogP) is 4.22. The normalized spacial score (nSPS) is 22.8. The third-order valence-corrected chi connectivity index (χ3v) is 6.04. The first-order chi connectivity index (χ1) is 12.8. The van der Waals surface area contributed by atoms with Crippen molar-refractivity contribution in [1.29, 1.82) is 0 Å². The van der Waals surface area contributed by atoms with Crippen molar-refractivity contribution in [2.45, 2.75) is 44.7 Å². The largest absolute Gasteiger partial charge is 0.416 e. The van der Waals surface area contributed by atoms with Gasteiger partial charge in [-0.3, -0.25) is 4.79 Å². The van der Waals surface area contributed by atoms with Crippen LogP contribution in [0.2, 0.25) is 0 Å². The summed E-state index contributed by atoms with van der Waals surface area (Å²) in [5, 5.41) is 0. The van der Waals surface area contributed by atoms with Gasteiger partial charge in [-0.15, -0.1) is 0 Å². The number of alkyl halides is 3. The van der Waals surface area contributed by atoms with E-state index in [9.17, 15) is 18.0 Å². The SMILES string of the molecule is CN1CCC(C(=O)N2CCCC(CCc3ccccc3C(F)(F)F)C2)CC1. The van der Waals surface area contributed by atoms with Crippen molar-refractivity contribution < 1.29 is 18.0 Å². The molecule has 3 nitrogen and oxygen atoms in total. The molecule has 2 aliphatic rings. The molecule has 1 aromatic rings. The fraction of sp³-hybridized carbons (Fsp3) is 0.667. The molecular formula is C21H29F3N2O. The van der Waals surface area contributed by atoms with E-state index in [0.29, 0.717) is 24.9 Å². The predicted molar refractivity (Wildman–Crippen MR) is 99.3 cm³/mol. The van der Waals surface area contributed by atoms with Gasteiger partial charge >= 0.3 is 6.18 Å². The summed E-state index contributed by atoms with van der Waals surface area (Å²) < 4.78 is 39.5. The number of hydrogen-bond donors (Lipinski definition) is 0. The highest BCUT2D eigenvalue weighted by atomic mass is 19.4. The first-order valence-corrected chi connectivity index (χ1v) is 9.97. The zero-order valence-electron chi connectivity index (χ0n) is 16.0. The van der Waals surface area contributed by atoms with Crippen LogP contribution in [0.15, 0.2) is 24.3 Å². The highest BCUT2D eigenvalue weighted by molar-refractivity contribution is 5.79. The molecule has 150 valence electrons. The second-order valence-electron chi connectivity index (χ2n) is 8.06. The van der Waals surface area contributed by atoms with Gasteiger partial charge < -0.3 is 9.80 Å². The van der Waals surface area contributed by atoms with Crippen molar-refractivity contribution in [1.82, 2.24) is 9.80 Å². The standard InChI is InChI=1S/C21H29F3N2O/c1-25-13-10-18(11-14-25)20(27)26-12-4-5-16(15-26)8-9-17-6-2-3-7-19(17)21(22,23)24/h2-3,6-7,16,18H,4-5,8-15H2,1H3. The van der Waals surface area contributed by atoms with Gasteiger partial charge in [0.2, 0.25) is 5.91 Å². The van der Waals surface area contributed by atoms with Gasteiger partial charge in [0, 0.05) is 19.0 Å². The lowest BCUT2D eigenvalue weighted by atomic mass is 9.88. The molecule has 2 fully saturated rings. The molecule has 3 rings (SSSR count). The Labute approximate surface area is 159 Å². The van der Waals surface area contributed by atoms with Crippen molar-refractivity contribution in [2.75, 3.05) is 33.2 Å². The summed E-state index contributed by atoms with van der Waals surface area (Å²) in [6.07, 6.45) is 0.570. The number of amides is 1. The summed E-state index contributed by atoms with van der Waals surface area (Å²) in [5.41, 5.74) is -0.163. The molecule has 1 atom stereocenters. The van der Waals surface area contributed by atoms with E-state index in [2.05, 4.69) is 11.9 Å². The number of halogens is 3. The maximum absolute atomic E-state index is 13.2. The Bertz CT molecular complexity index is 639. The van der Waals surface area contributed by atoms with E-state index in [1.54, 1.807) is 12.1 Å².